The second kappa shape index (κ2) is 6.63. The molecule has 0 saturated carbocycles. The molecule has 1 N–H and O–H groups in total. The first-order valence-corrected chi connectivity index (χ1v) is 7.89. The quantitative estimate of drug-likeness (QED) is 0.672. The van der Waals surface area contributed by atoms with Crippen molar-refractivity contribution in [1.29, 1.82) is 5.26 Å². The van der Waals surface area contributed by atoms with E-state index in [-0.39, 0.29) is 17.1 Å². The van der Waals surface area contributed by atoms with E-state index >= 15 is 0 Å². The Balaban J connectivity index is 2.11. The van der Waals surface area contributed by atoms with Gasteiger partial charge in [0.15, 0.2) is 0 Å². The molecule has 0 aromatic carbocycles. The molecule has 1 aromatic rings. The van der Waals surface area contributed by atoms with Gasteiger partial charge in [-0.25, -0.2) is 4.98 Å². The van der Waals surface area contributed by atoms with Crippen molar-refractivity contribution in [2.75, 3.05) is 29.1 Å². The van der Waals surface area contributed by atoms with Gasteiger partial charge in [0.2, 0.25) is 5.82 Å². The number of hydrogen-bond donors (Lipinski definition) is 1. The fourth-order valence-corrected chi connectivity index (χ4v) is 4.34. The standard InChI is InChI=1S/C11H12N4O2S2/c12-5-8-1-2-13-11(10(8)15(16)17)14-6-9-7-18-3-4-19-9/h1-2,9H,3-4,6-7H2,(H,13,14). The third kappa shape index (κ3) is 3.52. The monoisotopic (exact) mass is 296 g/mol. The Hall–Kier alpha value is -1.46. The number of thioether (sulfide) groups is 2. The van der Waals surface area contributed by atoms with Gasteiger partial charge in [-0.2, -0.15) is 28.8 Å². The second-order valence-corrected chi connectivity index (χ2v) is 6.43. The predicted octanol–water partition coefficient (Wildman–Crippen LogP) is 2.12. The van der Waals surface area contributed by atoms with Gasteiger partial charge in [-0.15, -0.1) is 0 Å². The smallest absolute Gasteiger partial charge is 0.328 e. The molecule has 2 rings (SSSR count). The average molecular weight is 296 g/mol. The van der Waals surface area contributed by atoms with Crippen molar-refractivity contribution in [3.05, 3.63) is 27.9 Å². The molecule has 2 heterocycles. The Bertz CT molecular complexity index is 512. The van der Waals surface area contributed by atoms with Crippen LogP contribution in [0.4, 0.5) is 11.5 Å². The molecule has 0 aliphatic carbocycles. The van der Waals surface area contributed by atoms with Gasteiger partial charge in [0.25, 0.3) is 0 Å². The maximum atomic E-state index is 11.0. The number of hydrogen-bond acceptors (Lipinski definition) is 7. The van der Waals surface area contributed by atoms with Gasteiger partial charge in [0, 0.05) is 35.3 Å². The fraction of sp³-hybridized carbons (Fsp3) is 0.455. The summed E-state index contributed by atoms with van der Waals surface area (Å²) in [6.07, 6.45) is 1.41. The van der Waals surface area contributed by atoms with Gasteiger partial charge in [0.1, 0.15) is 11.6 Å². The van der Waals surface area contributed by atoms with Crippen molar-refractivity contribution < 1.29 is 4.92 Å². The highest BCUT2D eigenvalue weighted by Crippen LogP contribution is 2.28. The van der Waals surface area contributed by atoms with Crippen molar-refractivity contribution in [3.8, 4) is 6.07 Å². The second-order valence-electron chi connectivity index (χ2n) is 3.87. The van der Waals surface area contributed by atoms with E-state index < -0.39 is 4.92 Å². The van der Waals surface area contributed by atoms with E-state index in [9.17, 15) is 10.1 Å². The molecule has 0 bridgehead atoms. The van der Waals surface area contributed by atoms with Crippen molar-refractivity contribution in [3.63, 3.8) is 0 Å². The molecule has 1 atom stereocenters. The number of aromatic nitrogens is 1. The molecule has 0 spiro atoms. The molecular formula is C11H12N4O2S2. The molecule has 0 amide bonds. The normalized spacial score (nSPS) is 18.6. The van der Waals surface area contributed by atoms with Gasteiger partial charge >= 0.3 is 5.69 Å². The zero-order valence-electron chi connectivity index (χ0n) is 10.0. The summed E-state index contributed by atoms with van der Waals surface area (Å²) in [6, 6.07) is 3.18. The van der Waals surface area contributed by atoms with Crippen LogP contribution in [0.25, 0.3) is 0 Å². The minimum absolute atomic E-state index is 0.0353. The van der Waals surface area contributed by atoms with Crippen LogP contribution in [0.15, 0.2) is 12.3 Å². The number of nitrogens with one attached hydrogen (secondary N) is 1. The molecule has 1 aliphatic heterocycles. The lowest BCUT2D eigenvalue weighted by atomic mass is 10.2. The summed E-state index contributed by atoms with van der Waals surface area (Å²) in [6.45, 7) is 0.625. The Morgan fingerprint density at radius 3 is 3.11 bits per heavy atom. The molecule has 8 heteroatoms. The van der Waals surface area contributed by atoms with E-state index in [4.69, 9.17) is 5.26 Å². The molecular weight excluding hydrogens is 284 g/mol. The zero-order chi connectivity index (χ0) is 13.7. The molecule has 1 saturated heterocycles. The lowest BCUT2D eigenvalue weighted by Gasteiger charge is -2.21. The maximum absolute atomic E-state index is 11.0. The Kier molecular flexibility index (Phi) is 4.87. The van der Waals surface area contributed by atoms with E-state index in [0.29, 0.717) is 11.8 Å². The van der Waals surface area contributed by atoms with Crippen LogP contribution >= 0.6 is 23.5 Å². The van der Waals surface area contributed by atoms with Crippen LogP contribution in [0.3, 0.4) is 0 Å². The number of nitrogens with zero attached hydrogens (tertiary/aromatic N) is 3. The van der Waals surface area contributed by atoms with Crippen molar-refractivity contribution in [2.45, 2.75) is 5.25 Å². The van der Waals surface area contributed by atoms with Crippen molar-refractivity contribution in [2.24, 2.45) is 0 Å². The molecule has 19 heavy (non-hydrogen) atoms. The van der Waals surface area contributed by atoms with E-state index in [2.05, 4.69) is 10.3 Å². The van der Waals surface area contributed by atoms with Crippen LogP contribution in [0, 0.1) is 21.4 Å². The minimum atomic E-state index is -0.559. The predicted molar refractivity (Wildman–Crippen MR) is 77.7 cm³/mol. The number of rotatable bonds is 4. The fourth-order valence-electron chi connectivity index (χ4n) is 1.72. The zero-order valence-corrected chi connectivity index (χ0v) is 11.7. The highest BCUT2D eigenvalue weighted by molar-refractivity contribution is 8.06. The summed E-state index contributed by atoms with van der Waals surface area (Å²) in [5, 5.41) is 23.3. The van der Waals surface area contributed by atoms with Crippen LogP contribution in [-0.2, 0) is 0 Å². The lowest BCUT2D eigenvalue weighted by Crippen LogP contribution is -2.24. The Morgan fingerprint density at radius 2 is 2.47 bits per heavy atom. The Labute approximate surface area is 119 Å². The van der Waals surface area contributed by atoms with Crippen LogP contribution in [0.2, 0.25) is 0 Å². The number of nitro groups is 1. The summed E-state index contributed by atoms with van der Waals surface area (Å²) in [5.74, 6) is 3.47. The van der Waals surface area contributed by atoms with Gasteiger partial charge in [-0.05, 0) is 6.07 Å². The minimum Gasteiger partial charge on any atom is -0.363 e. The number of nitriles is 1. The molecule has 100 valence electrons. The highest BCUT2D eigenvalue weighted by Gasteiger charge is 2.22. The summed E-state index contributed by atoms with van der Waals surface area (Å²) in [4.78, 5) is 14.4. The molecule has 1 aromatic heterocycles. The molecule has 0 radical (unpaired) electrons. The van der Waals surface area contributed by atoms with Crippen LogP contribution < -0.4 is 5.32 Å². The van der Waals surface area contributed by atoms with Crippen LogP contribution in [0.1, 0.15) is 5.56 Å². The number of pyridine rings is 1. The molecule has 1 fully saturated rings. The van der Waals surface area contributed by atoms with Crippen molar-refractivity contribution in [1.82, 2.24) is 4.98 Å². The first kappa shape index (κ1) is 14.0. The van der Waals surface area contributed by atoms with Gasteiger partial charge in [-0.1, -0.05) is 0 Å². The maximum Gasteiger partial charge on any atom is 0.328 e. The summed E-state index contributed by atoms with van der Waals surface area (Å²) in [7, 11) is 0. The molecule has 1 unspecified atom stereocenters. The summed E-state index contributed by atoms with van der Waals surface area (Å²) >= 11 is 3.75. The summed E-state index contributed by atoms with van der Waals surface area (Å²) < 4.78 is 0. The first-order valence-electron chi connectivity index (χ1n) is 5.69. The average Bonchev–Trinajstić information content (AvgIpc) is 2.45. The van der Waals surface area contributed by atoms with Crippen molar-refractivity contribution >= 4 is 35.0 Å². The number of anilines is 1. The largest absolute Gasteiger partial charge is 0.363 e. The van der Waals surface area contributed by atoms with Gasteiger partial charge in [-0.3, -0.25) is 10.1 Å². The third-order valence-electron chi connectivity index (χ3n) is 2.61. The Morgan fingerprint density at radius 1 is 1.63 bits per heavy atom. The third-order valence-corrected chi connectivity index (χ3v) is 5.45. The summed E-state index contributed by atoms with van der Waals surface area (Å²) in [5.41, 5.74) is -0.202. The van der Waals surface area contributed by atoms with Gasteiger partial charge < -0.3 is 5.32 Å². The first-order chi connectivity index (χ1) is 9.22. The molecule has 1 aliphatic rings. The van der Waals surface area contributed by atoms with E-state index in [1.807, 2.05) is 29.6 Å². The van der Waals surface area contributed by atoms with Crippen LogP contribution in [-0.4, -0.2) is 39.0 Å². The highest BCUT2D eigenvalue weighted by atomic mass is 32.2. The molecule has 6 nitrogen and oxygen atoms in total. The lowest BCUT2D eigenvalue weighted by molar-refractivity contribution is -0.384. The van der Waals surface area contributed by atoms with E-state index in [0.717, 1.165) is 17.3 Å². The SMILES string of the molecule is N#Cc1ccnc(NCC2CSCCS2)c1[N+](=O)[O-]. The van der Waals surface area contributed by atoms with Gasteiger partial charge in [0.05, 0.1) is 4.92 Å². The van der Waals surface area contributed by atoms with Crippen LogP contribution in [0.5, 0.6) is 0 Å². The van der Waals surface area contributed by atoms with E-state index in [1.165, 1.54) is 12.3 Å². The topological polar surface area (TPSA) is 91.8 Å². The van der Waals surface area contributed by atoms with E-state index in [1.54, 1.807) is 0 Å².